The number of hydrogen-bond acceptors (Lipinski definition) is 3. The lowest BCUT2D eigenvalue weighted by Gasteiger charge is -2.04. The summed E-state index contributed by atoms with van der Waals surface area (Å²) in [5.74, 6) is -0.00184. The van der Waals surface area contributed by atoms with Gasteiger partial charge >= 0.3 is 5.97 Å². The monoisotopic (exact) mass is 273 g/mol. The summed E-state index contributed by atoms with van der Waals surface area (Å²) in [6.45, 7) is 1.47. The minimum Gasteiger partial charge on any atom is -0.475 e. The molecule has 4 nitrogen and oxygen atoms in total. The van der Waals surface area contributed by atoms with Crippen molar-refractivity contribution in [2.45, 2.75) is 32.2 Å². The van der Waals surface area contributed by atoms with Gasteiger partial charge in [0.15, 0.2) is 0 Å². The molecule has 106 valence electrons. The number of rotatable bonds is 7. The summed E-state index contributed by atoms with van der Waals surface area (Å²) in [5, 5.41) is 13.5. The Balaban J connectivity index is 1.68. The molecule has 0 spiro atoms. The van der Waals surface area contributed by atoms with Gasteiger partial charge in [0.05, 0.1) is 0 Å². The summed E-state index contributed by atoms with van der Waals surface area (Å²) < 4.78 is 5.43. The summed E-state index contributed by atoms with van der Waals surface area (Å²) in [6, 6.07) is 7.47. The number of carboxylic acids is 1. The quantitative estimate of drug-likeness (QED) is 0.759. The summed E-state index contributed by atoms with van der Waals surface area (Å²) in [7, 11) is 0. The van der Waals surface area contributed by atoms with E-state index < -0.39 is 5.97 Å². The van der Waals surface area contributed by atoms with Crippen LogP contribution in [0.5, 0.6) is 0 Å². The fraction of sp³-hybridized carbons (Fsp3) is 0.438. The van der Waals surface area contributed by atoms with E-state index in [1.54, 1.807) is 6.07 Å². The molecule has 0 radical (unpaired) electrons. The van der Waals surface area contributed by atoms with Gasteiger partial charge in [-0.05, 0) is 31.4 Å². The molecule has 0 atom stereocenters. The molecular formula is C16H19NO3. The molecule has 1 heterocycles. The zero-order valence-corrected chi connectivity index (χ0v) is 11.4. The second-order valence-electron chi connectivity index (χ2n) is 5.47. The number of para-hydroxylation sites is 1. The van der Waals surface area contributed by atoms with Crippen LogP contribution < -0.4 is 5.32 Å². The smallest absolute Gasteiger partial charge is 0.372 e. The lowest BCUT2D eigenvalue weighted by Crippen LogP contribution is -2.16. The Bertz CT molecular complexity index is 613. The summed E-state index contributed by atoms with van der Waals surface area (Å²) >= 11 is 0. The van der Waals surface area contributed by atoms with Gasteiger partial charge in [0.2, 0.25) is 5.76 Å². The number of benzene rings is 1. The van der Waals surface area contributed by atoms with Crippen LogP contribution in [0.2, 0.25) is 0 Å². The van der Waals surface area contributed by atoms with E-state index in [1.807, 2.05) is 18.2 Å². The normalized spacial score (nSPS) is 14.8. The van der Waals surface area contributed by atoms with E-state index in [-0.39, 0.29) is 5.76 Å². The summed E-state index contributed by atoms with van der Waals surface area (Å²) in [4.78, 5) is 11.3. The van der Waals surface area contributed by atoms with Crippen molar-refractivity contribution < 1.29 is 14.3 Å². The van der Waals surface area contributed by atoms with Crippen LogP contribution in [0.4, 0.5) is 0 Å². The maximum Gasteiger partial charge on any atom is 0.372 e. The molecule has 0 unspecified atom stereocenters. The number of aromatic carboxylic acids is 1. The third-order valence-electron chi connectivity index (χ3n) is 3.86. The SMILES string of the molecule is O=C(O)c1oc2ccccc2c1CNCCCC1CC1. The van der Waals surface area contributed by atoms with Crippen molar-refractivity contribution in [3.05, 3.63) is 35.6 Å². The Morgan fingerprint density at radius 1 is 1.35 bits per heavy atom. The van der Waals surface area contributed by atoms with E-state index in [0.717, 1.165) is 29.8 Å². The van der Waals surface area contributed by atoms with Gasteiger partial charge in [0.25, 0.3) is 0 Å². The second-order valence-corrected chi connectivity index (χ2v) is 5.47. The average molecular weight is 273 g/mol. The van der Waals surface area contributed by atoms with Crippen molar-refractivity contribution in [3.63, 3.8) is 0 Å². The first-order valence-electron chi connectivity index (χ1n) is 7.20. The molecule has 2 N–H and O–H groups in total. The van der Waals surface area contributed by atoms with Gasteiger partial charge in [0.1, 0.15) is 5.58 Å². The molecule has 20 heavy (non-hydrogen) atoms. The third-order valence-corrected chi connectivity index (χ3v) is 3.86. The molecular weight excluding hydrogens is 254 g/mol. The number of hydrogen-bond donors (Lipinski definition) is 2. The fourth-order valence-electron chi connectivity index (χ4n) is 2.58. The van der Waals surface area contributed by atoms with E-state index in [0.29, 0.717) is 12.1 Å². The van der Waals surface area contributed by atoms with Crippen LogP contribution in [-0.4, -0.2) is 17.6 Å². The van der Waals surface area contributed by atoms with Crippen LogP contribution in [0.3, 0.4) is 0 Å². The largest absolute Gasteiger partial charge is 0.475 e. The van der Waals surface area contributed by atoms with Gasteiger partial charge < -0.3 is 14.8 Å². The molecule has 0 amide bonds. The van der Waals surface area contributed by atoms with Crippen molar-refractivity contribution in [3.8, 4) is 0 Å². The maximum atomic E-state index is 11.3. The highest BCUT2D eigenvalue weighted by Crippen LogP contribution is 2.33. The Morgan fingerprint density at radius 3 is 2.90 bits per heavy atom. The number of nitrogens with one attached hydrogen (secondary N) is 1. The maximum absolute atomic E-state index is 11.3. The van der Waals surface area contributed by atoms with E-state index >= 15 is 0 Å². The van der Waals surface area contributed by atoms with E-state index in [1.165, 1.54) is 19.3 Å². The Labute approximate surface area is 117 Å². The van der Waals surface area contributed by atoms with Crippen LogP contribution in [0.1, 0.15) is 41.8 Å². The molecule has 3 rings (SSSR count). The number of carboxylic acid groups (broad SMARTS) is 1. The highest BCUT2D eigenvalue weighted by atomic mass is 16.4. The highest BCUT2D eigenvalue weighted by Gasteiger charge is 2.21. The minimum absolute atomic E-state index is 0.0564. The topological polar surface area (TPSA) is 62.5 Å². The number of furan rings is 1. The zero-order chi connectivity index (χ0) is 13.9. The van der Waals surface area contributed by atoms with E-state index in [9.17, 15) is 9.90 Å². The van der Waals surface area contributed by atoms with Crippen molar-refractivity contribution in [1.29, 1.82) is 0 Å². The Morgan fingerprint density at radius 2 is 2.15 bits per heavy atom. The molecule has 1 saturated carbocycles. The molecule has 1 fully saturated rings. The molecule has 1 aromatic carbocycles. The van der Waals surface area contributed by atoms with Gasteiger partial charge in [0, 0.05) is 17.5 Å². The summed E-state index contributed by atoms with van der Waals surface area (Å²) in [5.41, 5.74) is 1.39. The Hall–Kier alpha value is -1.81. The fourth-order valence-corrected chi connectivity index (χ4v) is 2.58. The lowest BCUT2D eigenvalue weighted by atomic mass is 10.1. The molecule has 0 bridgehead atoms. The van der Waals surface area contributed by atoms with Gasteiger partial charge in [-0.15, -0.1) is 0 Å². The number of carbonyl (C=O) groups is 1. The van der Waals surface area contributed by atoms with Crippen molar-refractivity contribution >= 4 is 16.9 Å². The third kappa shape index (κ3) is 2.85. The average Bonchev–Trinajstić information content (AvgIpc) is 3.19. The van der Waals surface area contributed by atoms with Gasteiger partial charge in [-0.3, -0.25) is 0 Å². The van der Waals surface area contributed by atoms with Crippen LogP contribution in [0, 0.1) is 5.92 Å². The van der Waals surface area contributed by atoms with Gasteiger partial charge in [-0.2, -0.15) is 0 Å². The highest BCUT2D eigenvalue weighted by molar-refractivity contribution is 5.95. The minimum atomic E-state index is -1.00. The molecule has 1 aliphatic rings. The first-order valence-corrected chi connectivity index (χ1v) is 7.20. The first-order chi connectivity index (χ1) is 9.75. The predicted molar refractivity (Wildman–Crippen MR) is 76.8 cm³/mol. The van der Waals surface area contributed by atoms with Crippen LogP contribution in [0.25, 0.3) is 11.0 Å². The molecule has 2 aromatic rings. The molecule has 0 aliphatic heterocycles. The van der Waals surface area contributed by atoms with Crippen LogP contribution in [0.15, 0.2) is 28.7 Å². The van der Waals surface area contributed by atoms with Gasteiger partial charge in [-0.25, -0.2) is 4.79 Å². The van der Waals surface area contributed by atoms with E-state index in [2.05, 4.69) is 5.32 Å². The van der Waals surface area contributed by atoms with Crippen LogP contribution in [-0.2, 0) is 6.54 Å². The standard InChI is InChI=1S/C16H19NO3/c18-16(19)15-13(10-17-9-3-4-11-7-8-11)12-5-1-2-6-14(12)20-15/h1-2,5-6,11,17H,3-4,7-10H2,(H,18,19). The summed E-state index contributed by atoms with van der Waals surface area (Å²) in [6.07, 6.45) is 5.21. The van der Waals surface area contributed by atoms with Crippen LogP contribution >= 0.6 is 0 Å². The lowest BCUT2D eigenvalue weighted by molar-refractivity contribution is 0.0663. The molecule has 1 aliphatic carbocycles. The number of fused-ring (bicyclic) bond motifs is 1. The van der Waals surface area contributed by atoms with Crippen molar-refractivity contribution in [1.82, 2.24) is 5.32 Å². The molecule has 4 heteroatoms. The van der Waals surface area contributed by atoms with Gasteiger partial charge in [-0.1, -0.05) is 31.0 Å². The zero-order valence-electron chi connectivity index (χ0n) is 11.4. The first kappa shape index (κ1) is 13.2. The van der Waals surface area contributed by atoms with E-state index in [4.69, 9.17) is 4.42 Å². The molecule has 0 saturated heterocycles. The van der Waals surface area contributed by atoms with Crippen molar-refractivity contribution in [2.75, 3.05) is 6.54 Å². The second kappa shape index (κ2) is 5.67. The molecule has 1 aromatic heterocycles. The predicted octanol–water partition coefficient (Wildman–Crippen LogP) is 3.41. The van der Waals surface area contributed by atoms with Crippen molar-refractivity contribution in [2.24, 2.45) is 5.92 Å². The Kier molecular flexibility index (Phi) is 3.74.